The predicted octanol–water partition coefficient (Wildman–Crippen LogP) is 2.87. The zero-order valence-electron chi connectivity index (χ0n) is 11.6. The van der Waals surface area contributed by atoms with E-state index in [0.29, 0.717) is 11.3 Å². The summed E-state index contributed by atoms with van der Waals surface area (Å²) in [5.41, 5.74) is 1.04. The molecule has 1 unspecified atom stereocenters. The highest BCUT2D eigenvalue weighted by atomic mass is 16.2. The Labute approximate surface area is 123 Å². The molecule has 0 spiro atoms. The Balaban J connectivity index is 2.39. The van der Waals surface area contributed by atoms with Crippen molar-refractivity contribution in [2.24, 2.45) is 0 Å². The van der Waals surface area contributed by atoms with Crippen LogP contribution in [-0.2, 0) is 9.59 Å². The van der Waals surface area contributed by atoms with Gasteiger partial charge in [-0.15, -0.1) is 0 Å². The molecule has 2 amide bonds. The molecule has 0 heterocycles. The molecule has 104 valence electrons. The maximum Gasteiger partial charge on any atom is 0.255 e. The standard InChI is InChI=1S/C17H14N2O2/c1-13(20)19(15-10-6-3-7-11-15)17(21)16(12-18)14-8-4-2-5-9-14/h2-11,16H,1H3. The third-order valence-electron chi connectivity index (χ3n) is 3.06. The van der Waals surface area contributed by atoms with E-state index in [0.717, 1.165) is 4.90 Å². The Hall–Kier alpha value is -2.93. The van der Waals surface area contributed by atoms with Crippen molar-refractivity contribution in [2.75, 3.05) is 4.90 Å². The van der Waals surface area contributed by atoms with Crippen LogP contribution >= 0.6 is 0 Å². The first kappa shape index (κ1) is 14.5. The molecule has 0 fully saturated rings. The molecule has 0 aliphatic rings. The minimum atomic E-state index is -1.00. The van der Waals surface area contributed by atoms with E-state index in [1.165, 1.54) is 6.92 Å². The summed E-state index contributed by atoms with van der Waals surface area (Å²) in [6.45, 7) is 1.31. The summed E-state index contributed by atoms with van der Waals surface area (Å²) in [5.74, 6) is -1.96. The summed E-state index contributed by atoms with van der Waals surface area (Å²) in [6.07, 6.45) is 0. The van der Waals surface area contributed by atoms with E-state index in [1.807, 2.05) is 12.1 Å². The van der Waals surface area contributed by atoms with Gasteiger partial charge in [-0.1, -0.05) is 48.5 Å². The van der Waals surface area contributed by atoms with Gasteiger partial charge in [-0.25, -0.2) is 4.90 Å². The Morgan fingerprint density at radius 3 is 2.00 bits per heavy atom. The molecule has 4 heteroatoms. The summed E-state index contributed by atoms with van der Waals surface area (Å²) in [4.78, 5) is 25.5. The van der Waals surface area contributed by atoms with E-state index in [2.05, 4.69) is 0 Å². The molecule has 2 rings (SSSR count). The number of amides is 2. The fourth-order valence-electron chi connectivity index (χ4n) is 2.09. The Kier molecular flexibility index (Phi) is 4.47. The number of anilines is 1. The van der Waals surface area contributed by atoms with E-state index in [9.17, 15) is 14.9 Å². The lowest BCUT2D eigenvalue weighted by atomic mass is 9.99. The molecule has 0 aliphatic heterocycles. The van der Waals surface area contributed by atoms with Crippen molar-refractivity contribution in [3.05, 3.63) is 66.2 Å². The zero-order valence-corrected chi connectivity index (χ0v) is 11.6. The van der Waals surface area contributed by atoms with Crippen molar-refractivity contribution in [3.8, 4) is 6.07 Å². The predicted molar refractivity (Wildman–Crippen MR) is 79.4 cm³/mol. The van der Waals surface area contributed by atoms with Crippen LogP contribution in [0.4, 0.5) is 5.69 Å². The average Bonchev–Trinajstić information content (AvgIpc) is 2.50. The molecule has 2 aromatic rings. The van der Waals surface area contributed by atoms with Crippen LogP contribution < -0.4 is 4.90 Å². The van der Waals surface area contributed by atoms with Crippen molar-refractivity contribution < 1.29 is 9.59 Å². The first-order valence-corrected chi connectivity index (χ1v) is 6.49. The SMILES string of the molecule is CC(=O)N(C(=O)C(C#N)c1ccccc1)c1ccccc1. The van der Waals surface area contributed by atoms with Gasteiger partial charge in [-0.2, -0.15) is 5.26 Å². The van der Waals surface area contributed by atoms with E-state index in [-0.39, 0.29) is 0 Å². The fraction of sp³-hybridized carbons (Fsp3) is 0.118. The van der Waals surface area contributed by atoms with Crippen molar-refractivity contribution in [2.45, 2.75) is 12.8 Å². The van der Waals surface area contributed by atoms with Gasteiger partial charge in [0.2, 0.25) is 5.91 Å². The number of carbonyl (C=O) groups excluding carboxylic acids is 2. The molecule has 0 N–H and O–H groups in total. The molecule has 1 atom stereocenters. The smallest absolute Gasteiger partial charge is 0.255 e. The number of para-hydroxylation sites is 1. The van der Waals surface area contributed by atoms with Crippen LogP contribution in [0.2, 0.25) is 0 Å². The molecular weight excluding hydrogens is 264 g/mol. The lowest BCUT2D eigenvalue weighted by Gasteiger charge is -2.21. The van der Waals surface area contributed by atoms with Gasteiger partial charge < -0.3 is 0 Å². The third-order valence-corrected chi connectivity index (χ3v) is 3.06. The fourth-order valence-corrected chi connectivity index (χ4v) is 2.09. The number of benzene rings is 2. The highest BCUT2D eigenvalue weighted by Gasteiger charge is 2.29. The molecule has 0 aromatic heterocycles. The van der Waals surface area contributed by atoms with E-state index in [1.54, 1.807) is 54.6 Å². The van der Waals surface area contributed by atoms with Crippen molar-refractivity contribution >= 4 is 17.5 Å². The first-order chi connectivity index (χ1) is 10.1. The van der Waals surface area contributed by atoms with Crippen LogP contribution in [0, 0.1) is 11.3 Å². The second-order valence-corrected chi connectivity index (χ2v) is 4.50. The van der Waals surface area contributed by atoms with Crippen LogP contribution in [0.3, 0.4) is 0 Å². The van der Waals surface area contributed by atoms with Gasteiger partial charge in [0.1, 0.15) is 0 Å². The maximum absolute atomic E-state index is 12.6. The molecular formula is C17H14N2O2. The quantitative estimate of drug-likeness (QED) is 0.867. The largest absolute Gasteiger partial charge is 0.274 e. The number of imide groups is 1. The van der Waals surface area contributed by atoms with Gasteiger partial charge in [0.15, 0.2) is 5.92 Å². The molecule has 4 nitrogen and oxygen atoms in total. The van der Waals surface area contributed by atoms with Crippen LogP contribution in [-0.4, -0.2) is 11.8 Å². The first-order valence-electron chi connectivity index (χ1n) is 6.49. The summed E-state index contributed by atoms with van der Waals surface area (Å²) >= 11 is 0. The molecule has 0 saturated heterocycles. The maximum atomic E-state index is 12.6. The van der Waals surface area contributed by atoms with Crippen molar-refractivity contribution in [1.82, 2.24) is 0 Å². The molecule has 0 bridgehead atoms. The lowest BCUT2D eigenvalue weighted by molar-refractivity contribution is -0.125. The van der Waals surface area contributed by atoms with Crippen LogP contribution in [0.15, 0.2) is 60.7 Å². The highest BCUT2D eigenvalue weighted by Crippen LogP contribution is 2.22. The van der Waals surface area contributed by atoms with Crippen LogP contribution in [0.5, 0.6) is 0 Å². The van der Waals surface area contributed by atoms with Gasteiger partial charge in [0.25, 0.3) is 5.91 Å². The number of hydrogen-bond donors (Lipinski definition) is 0. The topological polar surface area (TPSA) is 61.2 Å². The number of nitrogens with zero attached hydrogens (tertiary/aromatic N) is 2. The highest BCUT2D eigenvalue weighted by molar-refractivity contribution is 6.16. The molecule has 21 heavy (non-hydrogen) atoms. The summed E-state index contributed by atoms with van der Waals surface area (Å²) in [7, 11) is 0. The Bertz CT molecular complexity index is 675. The second kappa shape index (κ2) is 6.49. The van der Waals surface area contributed by atoms with Crippen LogP contribution in [0.25, 0.3) is 0 Å². The number of rotatable bonds is 3. The van der Waals surface area contributed by atoms with Crippen LogP contribution in [0.1, 0.15) is 18.4 Å². The van der Waals surface area contributed by atoms with Crippen molar-refractivity contribution in [1.29, 1.82) is 5.26 Å². The minimum Gasteiger partial charge on any atom is -0.274 e. The van der Waals surface area contributed by atoms with Crippen molar-refractivity contribution in [3.63, 3.8) is 0 Å². The minimum absolute atomic E-state index is 0.414. The summed E-state index contributed by atoms with van der Waals surface area (Å²) in [6, 6.07) is 19.3. The Morgan fingerprint density at radius 2 is 1.52 bits per heavy atom. The van der Waals surface area contributed by atoms with Gasteiger partial charge in [-0.3, -0.25) is 9.59 Å². The number of carbonyl (C=O) groups is 2. The van der Waals surface area contributed by atoms with Gasteiger partial charge in [0.05, 0.1) is 11.8 Å². The third kappa shape index (κ3) is 3.15. The number of nitriles is 1. The average molecular weight is 278 g/mol. The molecule has 0 radical (unpaired) electrons. The summed E-state index contributed by atoms with van der Waals surface area (Å²) in [5, 5.41) is 9.32. The molecule has 0 aliphatic carbocycles. The lowest BCUT2D eigenvalue weighted by Crippen LogP contribution is -2.38. The zero-order chi connectivity index (χ0) is 15.2. The normalized spacial score (nSPS) is 11.2. The second-order valence-electron chi connectivity index (χ2n) is 4.50. The van der Waals surface area contributed by atoms with E-state index < -0.39 is 17.7 Å². The molecule has 2 aromatic carbocycles. The molecule has 0 saturated carbocycles. The van der Waals surface area contributed by atoms with Gasteiger partial charge >= 0.3 is 0 Å². The summed E-state index contributed by atoms with van der Waals surface area (Å²) < 4.78 is 0. The number of hydrogen-bond acceptors (Lipinski definition) is 3. The van der Waals surface area contributed by atoms with E-state index >= 15 is 0 Å². The van der Waals surface area contributed by atoms with E-state index in [4.69, 9.17) is 0 Å². The monoisotopic (exact) mass is 278 g/mol. The van der Waals surface area contributed by atoms with Gasteiger partial charge in [0, 0.05) is 6.92 Å². The van der Waals surface area contributed by atoms with Gasteiger partial charge in [-0.05, 0) is 17.7 Å². The Morgan fingerprint density at radius 1 is 1.00 bits per heavy atom.